The van der Waals surface area contributed by atoms with Crippen molar-refractivity contribution in [1.82, 2.24) is 5.32 Å². The normalized spacial score (nSPS) is 13.6. The molecule has 2 aromatic carbocycles. The van der Waals surface area contributed by atoms with Crippen LogP contribution in [0.5, 0.6) is 0 Å². The van der Waals surface area contributed by atoms with Gasteiger partial charge in [0.1, 0.15) is 0 Å². The number of nitrogens with one attached hydrogen (secondary N) is 1. The second-order valence-electron chi connectivity index (χ2n) is 5.49. The molecular formula is C21H21N. The van der Waals surface area contributed by atoms with E-state index < -0.39 is 0 Å². The van der Waals surface area contributed by atoms with E-state index in [2.05, 4.69) is 78.1 Å². The van der Waals surface area contributed by atoms with Crippen molar-refractivity contribution in [2.75, 3.05) is 0 Å². The molecule has 0 amide bonds. The van der Waals surface area contributed by atoms with Gasteiger partial charge in [-0.1, -0.05) is 72.8 Å². The Bertz CT molecular complexity index is 626. The molecule has 1 heterocycles. The topological polar surface area (TPSA) is 12.0 Å². The van der Waals surface area contributed by atoms with Crippen LogP contribution in [0.25, 0.3) is 0 Å². The van der Waals surface area contributed by atoms with E-state index in [-0.39, 0.29) is 0 Å². The second kappa shape index (κ2) is 7.46. The molecule has 0 saturated heterocycles. The van der Waals surface area contributed by atoms with Gasteiger partial charge in [0, 0.05) is 17.8 Å². The van der Waals surface area contributed by atoms with Crippen molar-refractivity contribution in [3.8, 4) is 0 Å². The zero-order valence-corrected chi connectivity index (χ0v) is 12.7. The van der Waals surface area contributed by atoms with Gasteiger partial charge < -0.3 is 5.32 Å². The van der Waals surface area contributed by atoms with Crippen LogP contribution in [0, 0.1) is 0 Å². The molecular weight excluding hydrogens is 266 g/mol. The summed E-state index contributed by atoms with van der Waals surface area (Å²) in [6, 6.07) is 21.6. The highest BCUT2D eigenvalue weighted by Gasteiger charge is 2.14. The Morgan fingerprint density at radius 2 is 1.36 bits per heavy atom. The number of allylic oxidation sites excluding steroid dienone is 5. The van der Waals surface area contributed by atoms with E-state index >= 15 is 0 Å². The Labute approximate surface area is 132 Å². The van der Waals surface area contributed by atoms with E-state index in [9.17, 15) is 0 Å². The van der Waals surface area contributed by atoms with Gasteiger partial charge in [0.05, 0.1) is 0 Å². The number of hydrogen-bond acceptors (Lipinski definition) is 1. The van der Waals surface area contributed by atoms with Gasteiger partial charge in [0.15, 0.2) is 0 Å². The van der Waals surface area contributed by atoms with Crippen molar-refractivity contribution in [1.29, 1.82) is 0 Å². The molecule has 0 radical (unpaired) electrons. The summed E-state index contributed by atoms with van der Waals surface area (Å²) in [5.41, 5.74) is 4.03. The maximum atomic E-state index is 3.36. The molecule has 0 unspecified atom stereocenters. The van der Waals surface area contributed by atoms with Crippen LogP contribution >= 0.6 is 0 Å². The Hall–Kier alpha value is -2.54. The van der Waals surface area contributed by atoms with Crippen LogP contribution in [0.4, 0.5) is 0 Å². The molecule has 1 aliphatic rings. The van der Waals surface area contributed by atoms with E-state index in [0.29, 0.717) is 5.92 Å². The van der Waals surface area contributed by atoms with Crippen LogP contribution in [0.2, 0.25) is 0 Å². The molecule has 22 heavy (non-hydrogen) atoms. The first-order valence-electron chi connectivity index (χ1n) is 7.82. The SMILES string of the molecule is C1=CC=C(CCC(c2ccccc2)c2ccccc2)NC=C1. The first kappa shape index (κ1) is 14.4. The minimum Gasteiger partial charge on any atom is -0.365 e. The molecule has 1 nitrogen and oxygen atoms in total. The summed E-state index contributed by atoms with van der Waals surface area (Å²) < 4.78 is 0. The predicted molar refractivity (Wildman–Crippen MR) is 93.5 cm³/mol. The minimum absolute atomic E-state index is 0.432. The van der Waals surface area contributed by atoms with Crippen molar-refractivity contribution >= 4 is 0 Å². The summed E-state index contributed by atoms with van der Waals surface area (Å²) in [4.78, 5) is 0. The summed E-state index contributed by atoms with van der Waals surface area (Å²) >= 11 is 0. The van der Waals surface area contributed by atoms with Gasteiger partial charge >= 0.3 is 0 Å². The van der Waals surface area contributed by atoms with E-state index in [0.717, 1.165) is 12.8 Å². The predicted octanol–water partition coefficient (Wildman–Crippen LogP) is 5.16. The van der Waals surface area contributed by atoms with Crippen LogP contribution in [-0.4, -0.2) is 0 Å². The summed E-state index contributed by atoms with van der Waals surface area (Å²) in [7, 11) is 0. The third-order valence-electron chi connectivity index (χ3n) is 3.99. The van der Waals surface area contributed by atoms with Crippen molar-refractivity contribution in [3.63, 3.8) is 0 Å². The molecule has 3 rings (SSSR count). The Morgan fingerprint density at radius 3 is 2.00 bits per heavy atom. The first-order valence-corrected chi connectivity index (χ1v) is 7.82. The van der Waals surface area contributed by atoms with Crippen LogP contribution in [-0.2, 0) is 0 Å². The third kappa shape index (κ3) is 3.76. The highest BCUT2D eigenvalue weighted by molar-refractivity contribution is 5.33. The quantitative estimate of drug-likeness (QED) is 0.801. The molecule has 0 bridgehead atoms. The molecule has 1 aliphatic heterocycles. The highest BCUT2D eigenvalue weighted by Crippen LogP contribution is 2.30. The fraction of sp³-hybridized carbons (Fsp3) is 0.143. The van der Waals surface area contributed by atoms with Gasteiger partial charge in [-0.15, -0.1) is 0 Å². The van der Waals surface area contributed by atoms with Gasteiger partial charge in [0.25, 0.3) is 0 Å². The van der Waals surface area contributed by atoms with Crippen molar-refractivity contribution in [3.05, 3.63) is 108 Å². The summed E-state index contributed by atoms with van der Waals surface area (Å²) in [5, 5.41) is 3.36. The zero-order valence-electron chi connectivity index (χ0n) is 12.7. The smallest absolute Gasteiger partial charge is 0.0146 e. The lowest BCUT2D eigenvalue weighted by molar-refractivity contribution is 0.692. The number of benzene rings is 2. The standard InChI is InChI=1S/C21H21N/c1-4-10-18(11-5-1)21(19-12-6-2-7-13-19)16-15-20-14-8-3-9-17-22-20/h1-14,17,21-22H,15-16H2. The Balaban J connectivity index is 1.79. The van der Waals surface area contributed by atoms with Crippen LogP contribution in [0.3, 0.4) is 0 Å². The van der Waals surface area contributed by atoms with Gasteiger partial charge in [-0.2, -0.15) is 0 Å². The second-order valence-corrected chi connectivity index (χ2v) is 5.49. The molecule has 0 aromatic heterocycles. The molecule has 0 atom stereocenters. The average molecular weight is 287 g/mol. The first-order chi connectivity index (χ1) is 10.9. The van der Waals surface area contributed by atoms with E-state index in [1.54, 1.807) is 0 Å². The molecule has 0 aliphatic carbocycles. The van der Waals surface area contributed by atoms with Crippen molar-refractivity contribution in [2.45, 2.75) is 18.8 Å². The largest absolute Gasteiger partial charge is 0.365 e. The minimum atomic E-state index is 0.432. The van der Waals surface area contributed by atoms with E-state index in [1.165, 1.54) is 16.8 Å². The maximum Gasteiger partial charge on any atom is 0.0146 e. The van der Waals surface area contributed by atoms with Gasteiger partial charge in [-0.25, -0.2) is 0 Å². The Morgan fingerprint density at radius 1 is 0.727 bits per heavy atom. The monoisotopic (exact) mass is 287 g/mol. The van der Waals surface area contributed by atoms with Crippen LogP contribution < -0.4 is 5.32 Å². The fourth-order valence-corrected chi connectivity index (χ4v) is 2.85. The zero-order chi connectivity index (χ0) is 15.0. The lowest BCUT2D eigenvalue weighted by Crippen LogP contribution is -2.07. The molecule has 1 N–H and O–H groups in total. The number of rotatable bonds is 5. The van der Waals surface area contributed by atoms with Crippen molar-refractivity contribution < 1.29 is 0 Å². The Kier molecular flexibility index (Phi) is 4.88. The van der Waals surface area contributed by atoms with Crippen LogP contribution in [0.15, 0.2) is 96.9 Å². The molecule has 0 spiro atoms. The molecule has 1 heteroatoms. The summed E-state index contributed by atoms with van der Waals surface area (Å²) in [5.74, 6) is 0.432. The van der Waals surface area contributed by atoms with Crippen molar-refractivity contribution in [2.24, 2.45) is 0 Å². The van der Waals surface area contributed by atoms with E-state index in [1.807, 2.05) is 18.4 Å². The van der Waals surface area contributed by atoms with Gasteiger partial charge in [-0.3, -0.25) is 0 Å². The van der Waals surface area contributed by atoms with E-state index in [4.69, 9.17) is 0 Å². The van der Waals surface area contributed by atoms with Crippen LogP contribution in [0.1, 0.15) is 29.9 Å². The highest BCUT2D eigenvalue weighted by atomic mass is 14.8. The molecule has 0 fully saturated rings. The fourth-order valence-electron chi connectivity index (χ4n) is 2.85. The summed E-state index contributed by atoms with van der Waals surface area (Å²) in [6.45, 7) is 0. The molecule has 2 aromatic rings. The van der Waals surface area contributed by atoms with Gasteiger partial charge in [-0.05, 0) is 36.1 Å². The average Bonchev–Trinajstić information content (AvgIpc) is 2.86. The van der Waals surface area contributed by atoms with Gasteiger partial charge in [0.2, 0.25) is 0 Å². The lowest BCUT2D eigenvalue weighted by Gasteiger charge is -2.19. The summed E-state index contributed by atoms with van der Waals surface area (Å²) in [6.07, 6.45) is 12.4. The lowest BCUT2D eigenvalue weighted by atomic mass is 9.87. The maximum absolute atomic E-state index is 3.36. The third-order valence-corrected chi connectivity index (χ3v) is 3.99. The number of hydrogen-bond donors (Lipinski definition) is 1. The molecule has 0 saturated carbocycles. The molecule has 110 valence electrons.